The molecule has 0 aromatic carbocycles. The summed E-state index contributed by atoms with van der Waals surface area (Å²) in [6.07, 6.45) is 7.02. The van der Waals surface area contributed by atoms with Gasteiger partial charge in [0, 0.05) is 31.2 Å². The Bertz CT molecular complexity index is 282. The Morgan fingerprint density at radius 3 is 2.47 bits per heavy atom. The molecular weight excluding hydrogens is 234 g/mol. The van der Waals surface area contributed by atoms with Gasteiger partial charge in [-0.05, 0) is 64.6 Å². The first kappa shape index (κ1) is 13.8. The average molecular weight is 265 g/mol. The molecule has 0 aromatic rings. The quantitative estimate of drug-likeness (QED) is 0.838. The summed E-state index contributed by atoms with van der Waals surface area (Å²) in [6, 6.07) is 2.38. The predicted molar refractivity (Wildman–Crippen MR) is 80.4 cm³/mol. The molecule has 1 aliphatic carbocycles. The lowest BCUT2D eigenvalue weighted by molar-refractivity contribution is 0.0454. The molecule has 3 rings (SSSR count). The van der Waals surface area contributed by atoms with Gasteiger partial charge in [-0.2, -0.15) is 0 Å². The first-order valence-electron chi connectivity index (χ1n) is 8.49. The first-order valence-corrected chi connectivity index (χ1v) is 8.49. The molecule has 0 aromatic heterocycles. The maximum atomic E-state index is 3.78. The highest BCUT2D eigenvalue weighted by molar-refractivity contribution is 4.96. The standard InChI is InChI=1S/C16H31N3/c1-3-8-18-9-6-15(7-10-18)19-12-16(14-4-5-14)17-11-13(19)2/h13-17H,3-12H2,1-2H3. The summed E-state index contributed by atoms with van der Waals surface area (Å²) >= 11 is 0. The van der Waals surface area contributed by atoms with Crippen LogP contribution in [0, 0.1) is 5.92 Å². The molecule has 0 radical (unpaired) electrons. The Balaban J connectivity index is 1.52. The fourth-order valence-corrected chi connectivity index (χ4v) is 4.02. The molecule has 3 nitrogen and oxygen atoms in total. The van der Waals surface area contributed by atoms with Gasteiger partial charge in [0.2, 0.25) is 0 Å². The Kier molecular flexibility index (Phi) is 4.45. The van der Waals surface area contributed by atoms with Crippen molar-refractivity contribution in [3.63, 3.8) is 0 Å². The highest BCUT2D eigenvalue weighted by atomic mass is 15.3. The molecule has 110 valence electrons. The fourth-order valence-electron chi connectivity index (χ4n) is 4.02. The van der Waals surface area contributed by atoms with Crippen molar-refractivity contribution in [2.75, 3.05) is 32.7 Å². The first-order chi connectivity index (χ1) is 9.28. The number of piperidine rings is 1. The van der Waals surface area contributed by atoms with Crippen LogP contribution in [0.25, 0.3) is 0 Å². The molecule has 0 spiro atoms. The van der Waals surface area contributed by atoms with Crippen LogP contribution in [0.15, 0.2) is 0 Å². The molecule has 2 aliphatic heterocycles. The van der Waals surface area contributed by atoms with Crippen molar-refractivity contribution in [2.24, 2.45) is 5.92 Å². The van der Waals surface area contributed by atoms with Gasteiger partial charge in [-0.25, -0.2) is 0 Å². The van der Waals surface area contributed by atoms with Crippen LogP contribution in [-0.4, -0.2) is 60.6 Å². The highest BCUT2D eigenvalue weighted by Crippen LogP contribution is 2.35. The van der Waals surface area contributed by atoms with Gasteiger partial charge in [-0.1, -0.05) is 6.92 Å². The third-order valence-electron chi connectivity index (χ3n) is 5.41. The zero-order chi connectivity index (χ0) is 13.2. The van der Waals surface area contributed by atoms with Gasteiger partial charge < -0.3 is 10.2 Å². The predicted octanol–water partition coefficient (Wildman–Crippen LogP) is 1.93. The minimum atomic E-state index is 0.734. The van der Waals surface area contributed by atoms with E-state index in [0.717, 1.165) is 24.0 Å². The van der Waals surface area contributed by atoms with E-state index >= 15 is 0 Å². The summed E-state index contributed by atoms with van der Waals surface area (Å²) < 4.78 is 0. The van der Waals surface area contributed by atoms with Crippen molar-refractivity contribution in [2.45, 2.75) is 64.1 Å². The van der Waals surface area contributed by atoms with Gasteiger partial charge >= 0.3 is 0 Å². The molecule has 1 saturated carbocycles. The minimum absolute atomic E-state index is 0.734. The Morgan fingerprint density at radius 1 is 1.11 bits per heavy atom. The highest BCUT2D eigenvalue weighted by Gasteiger charge is 2.38. The van der Waals surface area contributed by atoms with E-state index in [1.807, 2.05) is 0 Å². The zero-order valence-electron chi connectivity index (χ0n) is 12.8. The second kappa shape index (κ2) is 6.11. The Hall–Kier alpha value is -0.120. The maximum absolute atomic E-state index is 3.78. The third kappa shape index (κ3) is 3.32. The molecule has 3 aliphatic rings. The van der Waals surface area contributed by atoms with Crippen molar-refractivity contribution in [3.05, 3.63) is 0 Å². The number of nitrogens with one attached hydrogen (secondary N) is 1. The summed E-state index contributed by atoms with van der Waals surface area (Å²) in [5.41, 5.74) is 0. The molecule has 3 heteroatoms. The summed E-state index contributed by atoms with van der Waals surface area (Å²) in [5, 5.41) is 3.78. The van der Waals surface area contributed by atoms with Crippen molar-refractivity contribution in [1.29, 1.82) is 0 Å². The second-order valence-corrected chi connectivity index (χ2v) is 6.97. The number of hydrogen-bond acceptors (Lipinski definition) is 3. The van der Waals surface area contributed by atoms with E-state index in [0.29, 0.717) is 0 Å². The number of nitrogens with zero attached hydrogens (tertiary/aromatic N) is 2. The summed E-state index contributed by atoms with van der Waals surface area (Å²) in [5.74, 6) is 0.996. The van der Waals surface area contributed by atoms with Gasteiger partial charge in [0.15, 0.2) is 0 Å². The van der Waals surface area contributed by atoms with E-state index < -0.39 is 0 Å². The van der Waals surface area contributed by atoms with Crippen molar-refractivity contribution in [1.82, 2.24) is 15.1 Å². The van der Waals surface area contributed by atoms with Crippen LogP contribution in [0.5, 0.6) is 0 Å². The Labute approximate surface area is 118 Å². The van der Waals surface area contributed by atoms with Crippen LogP contribution in [0.3, 0.4) is 0 Å². The number of likely N-dealkylation sites (tertiary alicyclic amines) is 1. The van der Waals surface area contributed by atoms with E-state index in [1.54, 1.807) is 0 Å². The smallest absolute Gasteiger partial charge is 0.0224 e. The molecule has 3 fully saturated rings. The van der Waals surface area contributed by atoms with Crippen molar-refractivity contribution in [3.8, 4) is 0 Å². The molecular formula is C16H31N3. The molecule has 19 heavy (non-hydrogen) atoms. The number of rotatable bonds is 4. The van der Waals surface area contributed by atoms with E-state index in [1.165, 1.54) is 64.8 Å². The van der Waals surface area contributed by atoms with Gasteiger partial charge in [-0.3, -0.25) is 4.90 Å². The molecule has 0 bridgehead atoms. The van der Waals surface area contributed by atoms with Gasteiger partial charge in [0.05, 0.1) is 0 Å². The summed E-state index contributed by atoms with van der Waals surface area (Å²) in [7, 11) is 0. The zero-order valence-corrected chi connectivity index (χ0v) is 12.8. The van der Waals surface area contributed by atoms with Crippen LogP contribution in [0.4, 0.5) is 0 Å². The average Bonchev–Trinajstić information content (AvgIpc) is 3.25. The lowest BCUT2D eigenvalue weighted by Crippen LogP contribution is -2.60. The maximum Gasteiger partial charge on any atom is 0.0224 e. The summed E-state index contributed by atoms with van der Waals surface area (Å²) in [4.78, 5) is 5.49. The molecule has 2 atom stereocenters. The van der Waals surface area contributed by atoms with Crippen LogP contribution >= 0.6 is 0 Å². The van der Waals surface area contributed by atoms with Crippen LogP contribution < -0.4 is 5.32 Å². The monoisotopic (exact) mass is 265 g/mol. The van der Waals surface area contributed by atoms with E-state index in [-0.39, 0.29) is 0 Å². The van der Waals surface area contributed by atoms with Crippen LogP contribution in [0.2, 0.25) is 0 Å². The largest absolute Gasteiger partial charge is 0.311 e. The lowest BCUT2D eigenvalue weighted by Gasteiger charge is -2.46. The van der Waals surface area contributed by atoms with E-state index in [2.05, 4.69) is 29.0 Å². The molecule has 2 unspecified atom stereocenters. The third-order valence-corrected chi connectivity index (χ3v) is 5.41. The molecule has 2 saturated heterocycles. The molecule has 0 amide bonds. The van der Waals surface area contributed by atoms with Crippen molar-refractivity contribution < 1.29 is 0 Å². The normalized spacial score (nSPS) is 35.7. The minimum Gasteiger partial charge on any atom is -0.311 e. The van der Waals surface area contributed by atoms with Gasteiger partial charge in [-0.15, -0.1) is 0 Å². The summed E-state index contributed by atoms with van der Waals surface area (Å²) in [6.45, 7) is 11.2. The molecule has 1 N–H and O–H groups in total. The molecule has 2 heterocycles. The van der Waals surface area contributed by atoms with Gasteiger partial charge in [0.1, 0.15) is 0 Å². The second-order valence-electron chi connectivity index (χ2n) is 6.97. The van der Waals surface area contributed by atoms with E-state index in [9.17, 15) is 0 Å². The van der Waals surface area contributed by atoms with E-state index in [4.69, 9.17) is 0 Å². The number of piperazine rings is 1. The Morgan fingerprint density at radius 2 is 1.84 bits per heavy atom. The lowest BCUT2D eigenvalue weighted by atomic mass is 9.97. The fraction of sp³-hybridized carbons (Fsp3) is 1.00. The van der Waals surface area contributed by atoms with Crippen molar-refractivity contribution >= 4 is 0 Å². The van der Waals surface area contributed by atoms with Crippen LogP contribution in [0.1, 0.15) is 46.0 Å². The number of hydrogen-bond donors (Lipinski definition) is 1. The SMILES string of the molecule is CCCN1CCC(N2CC(C3CC3)NCC2C)CC1. The van der Waals surface area contributed by atoms with Gasteiger partial charge in [0.25, 0.3) is 0 Å². The topological polar surface area (TPSA) is 18.5 Å². The van der Waals surface area contributed by atoms with Crippen LogP contribution in [-0.2, 0) is 0 Å².